The molecule has 1 aliphatic heterocycles. The van der Waals surface area contributed by atoms with Gasteiger partial charge in [0.1, 0.15) is 5.82 Å². The minimum atomic E-state index is 0.240. The van der Waals surface area contributed by atoms with Gasteiger partial charge in [0.2, 0.25) is 0 Å². The van der Waals surface area contributed by atoms with E-state index in [4.69, 9.17) is 17.3 Å². The minimum Gasteiger partial charge on any atom is -0.330 e. The van der Waals surface area contributed by atoms with Crippen molar-refractivity contribution in [3.05, 3.63) is 16.7 Å². The van der Waals surface area contributed by atoms with Gasteiger partial charge in [0, 0.05) is 25.4 Å². The molecule has 1 unspecified atom stereocenters. The molecule has 0 spiro atoms. The second kappa shape index (κ2) is 4.04. The van der Waals surface area contributed by atoms with Crippen LogP contribution >= 0.6 is 11.6 Å². The topological polar surface area (TPSA) is 43.8 Å². The van der Waals surface area contributed by atoms with Gasteiger partial charge in [-0.25, -0.2) is 4.98 Å². The number of rotatable bonds is 1. The molecular formula is C12H20ClN3. The van der Waals surface area contributed by atoms with Crippen LogP contribution in [0.1, 0.15) is 38.7 Å². The third-order valence-corrected chi connectivity index (χ3v) is 3.27. The van der Waals surface area contributed by atoms with Gasteiger partial charge >= 0.3 is 0 Å². The Kier molecular flexibility index (Phi) is 3.01. The van der Waals surface area contributed by atoms with Gasteiger partial charge in [-0.05, 0) is 11.8 Å². The largest absolute Gasteiger partial charge is 0.330 e. The SMILES string of the molecule is CC(C)(C)Cc1nc(Cl)c2n1CCC(N)C2. The lowest BCUT2D eigenvalue weighted by Crippen LogP contribution is -2.31. The molecule has 1 atom stereocenters. The Bertz CT molecular complexity index is 390. The van der Waals surface area contributed by atoms with E-state index in [1.807, 2.05) is 0 Å². The predicted octanol–water partition coefficient (Wildman–Crippen LogP) is 2.40. The fraction of sp³-hybridized carbons (Fsp3) is 0.750. The number of hydrogen-bond donors (Lipinski definition) is 1. The van der Waals surface area contributed by atoms with Crippen LogP contribution in [0.5, 0.6) is 0 Å². The van der Waals surface area contributed by atoms with Crippen molar-refractivity contribution in [1.29, 1.82) is 0 Å². The van der Waals surface area contributed by atoms with E-state index >= 15 is 0 Å². The molecule has 3 nitrogen and oxygen atoms in total. The molecule has 90 valence electrons. The lowest BCUT2D eigenvalue weighted by molar-refractivity contribution is 0.379. The van der Waals surface area contributed by atoms with E-state index in [-0.39, 0.29) is 11.5 Å². The molecule has 0 amide bonds. The quantitative estimate of drug-likeness (QED) is 0.821. The van der Waals surface area contributed by atoms with Gasteiger partial charge in [0.25, 0.3) is 0 Å². The first-order valence-electron chi connectivity index (χ1n) is 5.86. The van der Waals surface area contributed by atoms with Crippen molar-refractivity contribution in [3.8, 4) is 0 Å². The molecule has 2 rings (SSSR count). The van der Waals surface area contributed by atoms with Gasteiger partial charge in [0.15, 0.2) is 5.15 Å². The highest BCUT2D eigenvalue weighted by molar-refractivity contribution is 6.30. The van der Waals surface area contributed by atoms with E-state index in [0.717, 1.165) is 37.3 Å². The van der Waals surface area contributed by atoms with Crippen LogP contribution in [0.25, 0.3) is 0 Å². The van der Waals surface area contributed by atoms with Crippen LogP contribution < -0.4 is 5.73 Å². The predicted molar refractivity (Wildman–Crippen MR) is 66.7 cm³/mol. The van der Waals surface area contributed by atoms with E-state index in [9.17, 15) is 0 Å². The number of halogens is 1. The molecular weight excluding hydrogens is 222 g/mol. The van der Waals surface area contributed by atoms with Gasteiger partial charge in [-0.3, -0.25) is 0 Å². The van der Waals surface area contributed by atoms with Gasteiger partial charge in [0.05, 0.1) is 5.69 Å². The average molecular weight is 242 g/mol. The maximum absolute atomic E-state index is 6.17. The molecule has 1 aromatic rings. The van der Waals surface area contributed by atoms with E-state index in [1.54, 1.807) is 0 Å². The summed E-state index contributed by atoms with van der Waals surface area (Å²) < 4.78 is 2.26. The first-order valence-corrected chi connectivity index (χ1v) is 6.24. The second-order valence-electron chi connectivity index (χ2n) is 5.91. The Labute approximate surface area is 102 Å². The molecule has 2 N–H and O–H groups in total. The maximum atomic E-state index is 6.17. The standard InChI is InChI=1S/C12H20ClN3/c1-12(2,3)7-10-15-11(13)9-6-8(14)4-5-16(9)10/h8H,4-7,14H2,1-3H3. The molecule has 1 aliphatic rings. The van der Waals surface area contributed by atoms with Crippen molar-refractivity contribution in [2.75, 3.05) is 0 Å². The van der Waals surface area contributed by atoms with Crippen molar-refractivity contribution in [2.45, 2.75) is 52.6 Å². The summed E-state index contributed by atoms with van der Waals surface area (Å²) in [6.45, 7) is 7.62. The lowest BCUT2D eigenvalue weighted by atomic mass is 9.92. The van der Waals surface area contributed by atoms with E-state index in [0.29, 0.717) is 5.15 Å². The molecule has 0 bridgehead atoms. The van der Waals surface area contributed by atoms with Crippen LogP contribution in [0.4, 0.5) is 0 Å². The van der Waals surface area contributed by atoms with Gasteiger partial charge in [-0.15, -0.1) is 0 Å². The Hall–Kier alpha value is -0.540. The number of nitrogens with zero attached hydrogens (tertiary/aromatic N) is 2. The van der Waals surface area contributed by atoms with E-state index in [2.05, 4.69) is 30.3 Å². The number of hydrogen-bond acceptors (Lipinski definition) is 2. The summed E-state index contributed by atoms with van der Waals surface area (Å²) in [7, 11) is 0. The van der Waals surface area contributed by atoms with Gasteiger partial charge < -0.3 is 10.3 Å². The third-order valence-electron chi connectivity index (χ3n) is 2.97. The zero-order chi connectivity index (χ0) is 11.9. The molecule has 0 aromatic carbocycles. The fourth-order valence-electron chi connectivity index (χ4n) is 2.22. The zero-order valence-electron chi connectivity index (χ0n) is 10.3. The summed E-state index contributed by atoms with van der Waals surface area (Å²) in [6.07, 6.45) is 2.84. The highest BCUT2D eigenvalue weighted by Gasteiger charge is 2.25. The lowest BCUT2D eigenvalue weighted by Gasteiger charge is -2.24. The summed E-state index contributed by atoms with van der Waals surface area (Å²) in [5.41, 5.74) is 7.32. The number of aromatic nitrogens is 2. The van der Waals surface area contributed by atoms with Crippen LogP contribution in [0.3, 0.4) is 0 Å². The first kappa shape index (κ1) is 11.9. The zero-order valence-corrected chi connectivity index (χ0v) is 11.0. The molecule has 0 fully saturated rings. The summed E-state index contributed by atoms with van der Waals surface area (Å²) in [4.78, 5) is 4.48. The average Bonchev–Trinajstić information content (AvgIpc) is 2.40. The smallest absolute Gasteiger partial charge is 0.150 e. The van der Waals surface area contributed by atoms with Crippen LogP contribution in [-0.4, -0.2) is 15.6 Å². The molecule has 2 heterocycles. The molecule has 0 saturated heterocycles. The summed E-state index contributed by atoms with van der Waals surface area (Å²) in [5.74, 6) is 1.11. The van der Waals surface area contributed by atoms with Crippen molar-refractivity contribution >= 4 is 11.6 Å². The normalized spacial score (nSPS) is 20.9. The molecule has 16 heavy (non-hydrogen) atoms. The summed E-state index contributed by atoms with van der Waals surface area (Å²) in [5, 5.41) is 0.648. The van der Waals surface area contributed by atoms with Crippen molar-refractivity contribution in [1.82, 2.24) is 9.55 Å². The monoisotopic (exact) mass is 241 g/mol. The molecule has 0 aliphatic carbocycles. The Morgan fingerprint density at radius 2 is 2.19 bits per heavy atom. The Morgan fingerprint density at radius 1 is 1.50 bits per heavy atom. The van der Waals surface area contributed by atoms with Gasteiger partial charge in [-0.2, -0.15) is 0 Å². The molecule has 0 radical (unpaired) electrons. The van der Waals surface area contributed by atoms with Crippen LogP contribution in [0, 0.1) is 5.41 Å². The summed E-state index contributed by atoms with van der Waals surface area (Å²) >= 11 is 6.17. The number of fused-ring (bicyclic) bond motifs is 1. The summed E-state index contributed by atoms with van der Waals surface area (Å²) in [6, 6.07) is 0.240. The van der Waals surface area contributed by atoms with Crippen LogP contribution in [0.2, 0.25) is 5.15 Å². The molecule has 1 aromatic heterocycles. The van der Waals surface area contributed by atoms with Crippen LogP contribution in [0.15, 0.2) is 0 Å². The highest BCUT2D eigenvalue weighted by Crippen LogP contribution is 2.28. The second-order valence-corrected chi connectivity index (χ2v) is 6.27. The highest BCUT2D eigenvalue weighted by atomic mass is 35.5. The van der Waals surface area contributed by atoms with Crippen molar-refractivity contribution < 1.29 is 0 Å². The van der Waals surface area contributed by atoms with Crippen molar-refractivity contribution in [2.24, 2.45) is 11.1 Å². The maximum Gasteiger partial charge on any atom is 0.150 e. The van der Waals surface area contributed by atoms with E-state index < -0.39 is 0 Å². The third kappa shape index (κ3) is 2.41. The fourth-order valence-corrected chi connectivity index (χ4v) is 2.50. The Balaban J connectivity index is 2.31. The Morgan fingerprint density at radius 3 is 2.81 bits per heavy atom. The minimum absolute atomic E-state index is 0.240. The van der Waals surface area contributed by atoms with Crippen LogP contribution in [-0.2, 0) is 19.4 Å². The van der Waals surface area contributed by atoms with E-state index in [1.165, 1.54) is 0 Å². The first-order chi connectivity index (χ1) is 7.37. The van der Waals surface area contributed by atoms with Gasteiger partial charge in [-0.1, -0.05) is 32.4 Å². The number of nitrogens with two attached hydrogens (primary N) is 1. The number of imidazole rings is 1. The molecule has 0 saturated carbocycles. The molecule has 4 heteroatoms. The van der Waals surface area contributed by atoms with Crippen molar-refractivity contribution in [3.63, 3.8) is 0 Å².